The molecule has 5 nitrogen and oxygen atoms in total. The number of hydrogen-bond donors (Lipinski definition) is 3. The molecule has 3 aromatic rings. The zero-order valence-corrected chi connectivity index (χ0v) is 17.5. The van der Waals surface area contributed by atoms with Gasteiger partial charge in [-0.05, 0) is 68.9 Å². The van der Waals surface area contributed by atoms with E-state index < -0.39 is 0 Å². The summed E-state index contributed by atoms with van der Waals surface area (Å²) in [5, 5.41) is 14.3. The van der Waals surface area contributed by atoms with Crippen molar-refractivity contribution in [2.24, 2.45) is 4.99 Å². The minimum absolute atomic E-state index is 0.0189. The molecule has 3 rings (SSSR count). The maximum atomic E-state index is 13.6. The standard InChI is InChI=1S/C23H29FN4O/c1-5-28(6-2)14-16(4)26-21-10-8-18(11-15(21)3)25-13-20-19-12-17(24)7-9-22(19)27-23(20)29/h7-13,16,26-27,29H,5-6,14H2,1-4H3. The number of halogens is 1. The van der Waals surface area contributed by atoms with Crippen molar-refractivity contribution in [3.63, 3.8) is 0 Å². The van der Waals surface area contributed by atoms with E-state index in [-0.39, 0.29) is 11.7 Å². The molecule has 1 unspecified atom stereocenters. The molecule has 0 fully saturated rings. The summed E-state index contributed by atoms with van der Waals surface area (Å²) in [4.78, 5) is 9.71. The normalized spacial score (nSPS) is 12.9. The molecule has 0 saturated heterocycles. The van der Waals surface area contributed by atoms with Gasteiger partial charge in [0.05, 0.1) is 11.3 Å². The Morgan fingerprint density at radius 3 is 2.66 bits per heavy atom. The Hall–Kier alpha value is -2.86. The Morgan fingerprint density at radius 1 is 1.21 bits per heavy atom. The summed E-state index contributed by atoms with van der Waals surface area (Å²) in [5.74, 6) is -0.370. The van der Waals surface area contributed by atoms with Crippen LogP contribution in [0.3, 0.4) is 0 Å². The second kappa shape index (κ2) is 9.09. The SMILES string of the molecule is CCN(CC)CC(C)Nc1ccc(N=Cc2c(O)[nH]c3ccc(F)cc23)cc1C. The van der Waals surface area contributed by atoms with Gasteiger partial charge in [-0.2, -0.15) is 0 Å². The van der Waals surface area contributed by atoms with Crippen LogP contribution in [0.4, 0.5) is 15.8 Å². The highest BCUT2D eigenvalue weighted by Gasteiger charge is 2.11. The molecule has 0 spiro atoms. The third-order valence-corrected chi connectivity index (χ3v) is 5.16. The van der Waals surface area contributed by atoms with Crippen LogP contribution in [0.25, 0.3) is 10.9 Å². The number of anilines is 1. The van der Waals surface area contributed by atoms with E-state index in [2.05, 4.69) is 41.0 Å². The van der Waals surface area contributed by atoms with Crippen molar-refractivity contribution in [2.45, 2.75) is 33.7 Å². The van der Waals surface area contributed by atoms with Crippen LogP contribution in [-0.4, -0.2) is 46.9 Å². The van der Waals surface area contributed by atoms with Gasteiger partial charge in [-0.3, -0.25) is 4.99 Å². The van der Waals surface area contributed by atoms with Gasteiger partial charge in [-0.25, -0.2) is 4.39 Å². The molecule has 0 aliphatic rings. The minimum atomic E-state index is -0.351. The largest absolute Gasteiger partial charge is 0.494 e. The van der Waals surface area contributed by atoms with E-state index in [0.29, 0.717) is 22.5 Å². The number of benzene rings is 2. The van der Waals surface area contributed by atoms with E-state index in [1.807, 2.05) is 25.1 Å². The molecular weight excluding hydrogens is 367 g/mol. The Kier molecular flexibility index (Phi) is 6.54. The third kappa shape index (κ3) is 4.95. The van der Waals surface area contributed by atoms with E-state index in [4.69, 9.17) is 0 Å². The smallest absolute Gasteiger partial charge is 0.198 e. The first-order valence-corrected chi connectivity index (χ1v) is 10.0. The number of nitrogens with zero attached hydrogens (tertiary/aromatic N) is 2. The molecule has 0 aliphatic carbocycles. The van der Waals surface area contributed by atoms with E-state index in [0.717, 1.165) is 36.6 Å². The number of likely N-dealkylation sites (N-methyl/N-ethyl adjacent to an activating group) is 1. The van der Waals surface area contributed by atoms with Crippen molar-refractivity contribution in [1.82, 2.24) is 9.88 Å². The van der Waals surface area contributed by atoms with Gasteiger partial charge >= 0.3 is 0 Å². The van der Waals surface area contributed by atoms with Crippen molar-refractivity contribution in [3.05, 3.63) is 53.3 Å². The van der Waals surface area contributed by atoms with Gasteiger partial charge in [-0.15, -0.1) is 0 Å². The number of aromatic amines is 1. The van der Waals surface area contributed by atoms with Gasteiger partial charge < -0.3 is 20.3 Å². The predicted octanol–water partition coefficient (Wildman–Crippen LogP) is 5.21. The second-order valence-corrected chi connectivity index (χ2v) is 7.37. The van der Waals surface area contributed by atoms with Crippen LogP contribution in [0.15, 0.2) is 41.4 Å². The number of fused-ring (bicyclic) bond motifs is 1. The lowest BCUT2D eigenvalue weighted by Crippen LogP contribution is -2.34. The highest BCUT2D eigenvalue weighted by molar-refractivity contribution is 6.02. The van der Waals surface area contributed by atoms with Gasteiger partial charge in [0.1, 0.15) is 5.82 Å². The molecule has 3 N–H and O–H groups in total. The van der Waals surface area contributed by atoms with Gasteiger partial charge in [0.25, 0.3) is 0 Å². The fraction of sp³-hybridized carbons (Fsp3) is 0.348. The van der Waals surface area contributed by atoms with Crippen LogP contribution in [-0.2, 0) is 0 Å². The highest BCUT2D eigenvalue weighted by atomic mass is 19.1. The quantitative estimate of drug-likeness (QED) is 0.458. The van der Waals surface area contributed by atoms with Gasteiger partial charge in [0.15, 0.2) is 5.88 Å². The summed E-state index contributed by atoms with van der Waals surface area (Å²) in [6, 6.07) is 10.6. The first-order chi connectivity index (χ1) is 13.9. The molecule has 0 saturated carbocycles. The summed E-state index contributed by atoms with van der Waals surface area (Å²) in [6.07, 6.45) is 1.57. The number of aliphatic imine (C=N–C) groups is 1. The molecule has 6 heteroatoms. The summed E-state index contributed by atoms with van der Waals surface area (Å²) >= 11 is 0. The number of aryl methyl sites for hydroxylation is 1. The highest BCUT2D eigenvalue weighted by Crippen LogP contribution is 2.28. The number of aromatic nitrogens is 1. The van der Waals surface area contributed by atoms with Crippen LogP contribution in [0.5, 0.6) is 5.88 Å². The third-order valence-electron chi connectivity index (χ3n) is 5.16. The van der Waals surface area contributed by atoms with Crippen LogP contribution in [0, 0.1) is 12.7 Å². The number of nitrogens with one attached hydrogen (secondary N) is 2. The fourth-order valence-corrected chi connectivity index (χ4v) is 3.51. The fourth-order valence-electron chi connectivity index (χ4n) is 3.51. The topological polar surface area (TPSA) is 63.6 Å². The van der Waals surface area contributed by atoms with Crippen molar-refractivity contribution in [3.8, 4) is 5.88 Å². The average molecular weight is 397 g/mol. The molecule has 0 radical (unpaired) electrons. The molecule has 154 valence electrons. The number of H-pyrrole nitrogens is 1. The average Bonchev–Trinajstić information content (AvgIpc) is 3.00. The van der Waals surface area contributed by atoms with Gasteiger partial charge in [0.2, 0.25) is 0 Å². The van der Waals surface area contributed by atoms with Gasteiger partial charge in [-0.1, -0.05) is 13.8 Å². The number of hydrogen-bond acceptors (Lipinski definition) is 4. The van der Waals surface area contributed by atoms with E-state index >= 15 is 0 Å². The first kappa shape index (κ1) is 20.9. The maximum absolute atomic E-state index is 13.6. The van der Waals surface area contributed by atoms with Crippen molar-refractivity contribution in [2.75, 3.05) is 25.0 Å². The summed E-state index contributed by atoms with van der Waals surface area (Å²) in [5.41, 5.74) is 4.10. The molecule has 0 bridgehead atoms. The van der Waals surface area contributed by atoms with E-state index in [1.54, 1.807) is 12.3 Å². The molecule has 1 heterocycles. The lowest BCUT2D eigenvalue weighted by atomic mass is 10.1. The second-order valence-electron chi connectivity index (χ2n) is 7.37. The van der Waals surface area contributed by atoms with E-state index in [9.17, 15) is 9.50 Å². The molecule has 1 aromatic heterocycles. The Labute approximate surface area is 171 Å². The Balaban J connectivity index is 1.76. The van der Waals surface area contributed by atoms with Crippen molar-refractivity contribution < 1.29 is 9.50 Å². The zero-order chi connectivity index (χ0) is 21.0. The molecule has 0 amide bonds. The van der Waals surface area contributed by atoms with Crippen molar-refractivity contribution >= 4 is 28.5 Å². The van der Waals surface area contributed by atoms with Crippen LogP contribution >= 0.6 is 0 Å². The van der Waals surface area contributed by atoms with Crippen molar-refractivity contribution in [1.29, 1.82) is 0 Å². The molecule has 2 aromatic carbocycles. The lowest BCUT2D eigenvalue weighted by Gasteiger charge is -2.24. The van der Waals surface area contributed by atoms with Crippen LogP contribution in [0.1, 0.15) is 31.9 Å². The van der Waals surface area contributed by atoms with Crippen LogP contribution in [0.2, 0.25) is 0 Å². The zero-order valence-electron chi connectivity index (χ0n) is 17.5. The van der Waals surface area contributed by atoms with Gasteiger partial charge in [0, 0.05) is 35.4 Å². The number of aromatic hydroxyl groups is 1. The first-order valence-electron chi connectivity index (χ1n) is 10.0. The molecule has 29 heavy (non-hydrogen) atoms. The molecule has 0 aliphatic heterocycles. The lowest BCUT2D eigenvalue weighted by molar-refractivity contribution is 0.295. The number of rotatable bonds is 8. The Morgan fingerprint density at radius 2 is 1.97 bits per heavy atom. The van der Waals surface area contributed by atoms with Crippen LogP contribution < -0.4 is 5.32 Å². The van der Waals surface area contributed by atoms with E-state index in [1.165, 1.54) is 12.1 Å². The summed E-state index contributed by atoms with van der Waals surface area (Å²) in [7, 11) is 0. The summed E-state index contributed by atoms with van der Waals surface area (Å²) in [6.45, 7) is 11.7. The summed E-state index contributed by atoms with van der Waals surface area (Å²) < 4.78 is 13.6. The monoisotopic (exact) mass is 396 g/mol. The minimum Gasteiger partial charge on any atom is -0.494 e. The Bertz CT molecular complexity index is 1010. The maximum Gasteiger partial charge on any atom is 0.198 e. The predicted molar refractivity (Wildman–Crippen MR) is 119 cm³/mol. The molecular formula is C23H29FN4O. The molecule has 1 atom stereocenters.